The van der Waals surface area contributed by atoms with Crippen LogP contribution in [0.2, 0.25) is 0 Å². The molecule has 2 N–H and O–H groups in total. The van der Waals surface area contributed by atoms with E-state index >= 15 is 0 Å². The Hall–Kier alpha value is -2.41. The molecule has 2 amide bonds. The molecule has 1 aromatic carbocycles. The van der Waals surface area contributed by atoms with E-state index in [1.54, 1.807) is 13.8 Å². The molecular weight excluding hydrogens is 332 g/mol. The smallest absolute Gasteiger partial charge is 0.241 e. The maximum Gasteiger partial charge on any atom is 0.241 e. The number of nitrogens with one attached hydrogen (secondary N) is 2. The Kier molecular flexibility index (Phi) is 5.56. The van der Waals surface area contributed by atoms with Crippen LogP contribution < -0.4 is 15.5 Å². The molecule has 3 rings (SSSR count). The standard InChI is InChI=1S/C19H26N4O3/c1-13(24)15-10-18(20-12-15)19(26)21-16-4-3-5-17(11-16)23-8-6-22(7-9-23)14(2)25/h3-5,11,15,18,20H,6-10,12H2,1-2H3,(H,21,26). The Labute approximate surface area is 153 Å². The minimum Gasteiger partial charge on any atom is -0.368 e. The third-order valence-corrected chi connectivity index (χ3v) is 5.23. The van der Waals surface area contributed by atoms with E-state index in [1.807, 2.05) is 29.2 Å². The van der Waals surface area contributed by atoms with Gasteiger partial charge < -0.3 is 20.4 Å². The number of hydrogen-bond donors (Lipinski definition) is 2. The fourth-order valence-electron chi connectivity index (χ4n) is 3.53. The summed E-state index contributed by atoms with van der Waals surface area (Å²) in [5, 5.41) is 6.07. The summed E-state index contributed by atoms with van der Waals surface area (Å²) in [4.78, 5) is 39.4. The molecule has 2 aliphatic heterocycles. The highest BCUT2D eigenvalue weighted by Gasteiger charge is 2.31. The molecule has 0 aromatic heterocycles. The van der Waals surface area contributed by atoms with Crippen molar-refractivity contribution in [2.45, 2.75) is 26.3 Å². The first-order valence-corrected chi connectivity index (χ1v) is 9.09. The number of Topliss-reactive ketones (excluding diaryl/α,β-unsaturated/α-hetero) is 1. The first-order chi connectivity index (χ1) is 12.4. The lowest BCUT2D eigenvalue weighted by atomic mass is 10.0. The molecule has 2 saturated heterocycles. The van der Waals surface area contributed by atoms with Gasteiger partial charge in [0.2, 0.25) is 11.8 Å². The van der Waals surface area contributed by atoms with Crippen molar-refractivity contribution in [2.75, 3.05) is 42.9 Å². The molecule has 0 spiro atoms. The van der Waals surface area contributed by atoms with Crippen molar-refractivity contribution in [2.24, 2.45) is 5.92 Å². The molecule has 0 radical (unpaired) electrons. The first-order valence-electron chi connectivity index (χ1n) is 9.09. The molecule has 2 fully saturated rings. The van der Waals surface area contributed by atoms with Crippen molar-refractivity contribution in [3.63, 3.8) is 0 Å². The highest BCUT2D eigenvalue weighted by Crippen LogP contribution is 2.22. The van der Waals surface area contributed by atoms with Gasteiger partial charge in [0.25, 0.3) is 0 Å². The van der Waals surface area contributed by atoms with Crippen LogP contribution in [-0.4, -0.2) is 61.3 Å². The van der Waals surface area contributed by atoms with Gasteiger partial charge in [0.05, 0.1) is 6.04 Å². The molecule has 7 nitrogen and oxygen atoms in total. The summed E-state index contributed by atoms with van der Waals surface area (Å²) in [5.41, 5.74) is 1.78. The first kappa shape index (κ1) is 18.4. The number of carbonyl (C=O) groups is 3. The normalized spacial score (nSPS) is 23.0. The van der Waals surface area contributed by atoms with Crippen LogP contribution in [0, 0.1) is 5.92 Å². The van der Waals surface area contributed by atoms with Crippen molar-refractivity contribution >= 4 is 29.0 Å². The zero-order chi connectivity index (χ0) is 18.7. The second kappa shape index (κ2) is 7.86. The monoisotopic (exact) mass is 358 g/mol. The van der Waals surface area contributed by atoms with E-state index in [0.29, 0.717) is 26.1 Å². The topological polar surface area (TPSA) is 81.8 Å². The summed E-state index contributed by atoms with van der Waals surface area (Å²) < 4.78 is 0. The Morgan fingerprint density at radius 1 is 1.12 bits per heavy atom. The van der Waals surface area contributed by atoms with Gasteiger partial charge in [-0.1, -0.05) is 6.07 Å². The summed E-state index contributed by atoms with van der Waals surface area (Å²) in [6, 6.07) is 7.43. The fourth-order valence-corrected chi connectivity index (χ4v) is 3.53. The average Bonchev–Trinajstić information content (AvgIpc) is 3.13. The third-order valence-electron chi connectivity index (χ3n) is 5.23. The zero-order valence-corrected chi connectivity index (χ0v) is 15.3. The number of benzene rings is 1. The lowest BCUT2D eigenvalue weighted by Gasteiger charge is -2.35. The van der Waals surface area contributed by atoms with Crippen molar-refractivity contribution in [1.82, 2.24) is 10.2 Å². The maximum absolute atomic E-state index is 12.4. The van der Waals surface area contributed by atoms with Crippen LogP contribution in [0.5, 0.6) is 0 Å². The van der Waals surface area contributed by atoms with Gasteiger partial charge in [0, 0.05) is 56.9 Å². The van der Waals surface area contributed by atoms with Crippen LogP contribution in [0.15, 0.2) is 24.3 Å². The number of hydrogen-bond acceptors (Lipinski definition) is 5. The van der Waals surface area contributed by atoms with Gasteiger partial charge >= 0.3 is 0 Å². The van der Waals surface area contributed by atoms with Gasteiger partial charge in [0.15, 0.2) is 0 Å². The molecule has 140 valence electrons. The molecule has 7 heteroatoms. The van der Waals surface area contributed by atoms with Gasteiger partial charge in [-0.25, -0.2) is 0 Å². The van der Waals surface area contributed by atoms with Gasteiger partial charge in [-0.15, -0.1) is 0 Å². The van der Waals surface area contributed by atoms with Gasteiger partial charge in [-0.05, 0) is 31.5 Å². The number of nitrogens with zero attached hydrogens (tertiary/aromatic N) is 2. The predicted molar refractivity (Wildman–Crippen MR) is 100 cm³/mol. The number of ketones is 1. The number of anilines is 2. The highest BCUT2D eigenvalue weighted by molar-refractivity contribution is 5.96. The summed E-state index contributed by atoms with van der Waals surface area (Å²) in [6.45, 7) is 6.72. The summed E-state index contributed by atoms with van der Waals surface area (Å²) in [6.07, 6.45) is 0.549. The average molecular weight is 358 g/mol. The minimum atomic E-state index is -0.327. The van der Waals surface area contributed by atoms with E-state index in [4.69, 9.17) is 0 Å². The van der Waals surface area contributed by atoms with E-state index in [-0.39, 0.29) is 29.6 Å². The predicted octanol–water partition coefficient (Wildman–Crippen LogP) is 0.861. The van der Waals surface area contributed by atoms with Crippen LogP contribution >= 0.6 is 0 Å². The number of amides is 2. The highest BCUT2D eigenvalue weighted by atomic mass is 16.2. The van der Waals surface area contributed by atoms with E-state index in [0.717, 1.165) is 24.5 Å². The molecule has 2 atom stereocenters. The van der Waals surface area contributed by atoms with Crippen molar-refractivity contribution in [1.29, 1.82) is 0 Å². The molecule has 0 bridgehead atoms. The summed E-state index contributed by atoms with van der Waals surface area (Å²) >= 11 is 0. The Morgan fingerprint density at radius 2 is 1.85 bits per heavy atom. The summed E-state index contributed by atoms with van der Waals surface area (Å²) in [5.74, 6) is 0.0556. The Balaban J connectivity index is 1.59. The second-order valence-corrected chi connectivity index (χ2v) is 7.04. The lowest BCUT2D eigenvalue weighted by Crippen LogP contribution is -2.48. The van der Waals surface area contributed by atoms with Crippen LogP contribution in [0.1, 0.15) is 20.3 Å². The van der Waals surface area contributed by atoms with Crippen molar-refractivity contribution < 1.29 is 14.4 Å². The maximum atomic E-state index is 12.4. The molecule has 2 aliphatic rings. The fraction of sp³-hybridized carbons (Fsp3) is 0.526. The van der Waals surface area contributed by atoms with Gasteiger partial charge in [0.1, 0.15) is 5.78 Å². The van der Waals surface area contributed by atoms with Crippen molar-refractivity contribution in [3.8, 4) is 0 Å². The zero-order valence-electron chi connectivity index (χ0n) is 15.3. The molecule has 2 unspecified atom stereocenters. The Morgan fingerprint density at radius 3 is 2.46 bits per heavy atom. The molecule has 26 heavy (non-hydrogen) atoms. The third kappa shape index (κ3) is 4.22. The molecule has 0 aliphatic carbocycles. The van der Waals surface area contributed by atoms with Crippen LogP contribution in [0.4, 0.5) is 11.4 Å². The van der Waals surface area contributed by atoms with E-state index in [9.17, 15) is 14.4 Å². The van der Waals surface area contributed by atoms with Crippen LogP contribution in [0.3, 0.4) is 0 Å². The Bertz CT molecular complexity index is 698. The largest absolute Gasteiger partial charge is 0.368 e. The van der Waals surface area contributed by atoms with E-state index in [1.165, 1.54) is 0 Å². The molecular formula is C19H26N4O3. The second-order valence-electron chi connectivity index (χ2n) is 7.04. The van der Waals surface area contributed by atoms with Crippen LogP contribution in [-0.2, 0) is 14.4 Å². The summed E-state index contributed by atoms with van der Waals surface area (Å²) in [7, 11) is 0. The molecule has 2 heterocycles. The van der Waals surface area contributed by atoms with E-state index in [2.05, 4.69) is 15.5 Å². The lowest BCUT2D eigenvalue weighted by molar-refractivity contribution is -0.129. The number of piperazine rings is 1. The van der Waals surface area contributed by atoms with Gasteiger partial charge in [-0.3, -0.25) is 14.4 Å². The SMILES string of the molecule is CC(=O)C1CNC(C(=O)Nc2cccc(N3CCN(C(C)=O)CC3)c2)C1. The number of rotatable bonds is 4. The van der Waals surface area contributed by atoms with Crippen LogP contribution in [0.25, 0.3) is 0 Å². The quantitative estimate of drug-likeness (QED) is 0.834. The molecule has 1 aromatic rings. The number of carbonyl (C=O) groups excluding carboxylic acids is 3. The molecule has 0 saturated carbocycles. The minimum absolute atomic E-state index is 0.0744. The van der Waals surface area contributed by atoms with Gasteiger partial charge in [-0.2, -0.15) is 0 Å². The van der Waals surface area contributed by atoms with E-state index < -0.39 is 0 Å². The van der Waals surface area contributed by atoms with Crippen molar-refractivity contribution in [3.05, 3.63) is 24.3 Å².